The summed E-state index contributed by atoms with van der Waals surface area (Å²) in [6, 6.07) is 11.4. The lowest BCUT2D eigenvalue weighted by molar-refractivity contribution is -0.139. The Kier molecular flexibility index (Phi) is 9.44. The molecule has 0 aliphatic heterocycles. The van der Waals surface area contributed by atoms with Crippen molar-refractivity contribution in [2.24, 2.45) is 11.8 Å². The molecule has 5 nitrogen and oxygen atoms in total. The first-order valence-corrected chi connectivity index (χ1v) is 11.8. The van der Waals surface area contributed by atoms with E-state index in [1.807, 2.05) is 42.1 Å². The third-order valence-corrected chi connectivity index (χ3v) is 6.32. The Morgan fingerprint density at radius 2 is 1.67 bits per heavy atom. The van der Waals surface area contributed by atoms with Gasteiger partial charge in [0.15, 0.2) is 0 Å². The van der Waals surface area contributed by atoms with E-state index in [0.717, 1.165) is 24.1 Å². The van der Waals surface area contributed by atoms with Crippen LogP contribution in [-0.2, 0) is 11.3 Å². The average Bonchev–Trinajstić information content (AvgIpc) is 2.77. The van der Waals surface area contributed by atoms with Crippen molar-refractivity contribution in [1.82, 2.24) is 4.90 Å². The van der Waals surface area contributed by atoms with Crippen molar-refractivity contribution in [3.05, 3.63) is 59.4 Å². The maximum absolute atomic E-state index is 13.5. The molecule has 2 rings (SSSR count). The van der Waals surface area contributed by atoms with E-state index < -0.39 is 5.82 Å². The zero-order chi connectivity index (χ0) is 24.7. The second-order valence-corrected chi connectivity index (χ2v) is 9.17. The van der Waals surface area contributed by atoms with Gasteiger partial charge in [-0.25, -0.2) is 4.39 Å². The molecule has 33 heavy (non-hydrogen) atoms. The van der Waals surface area contributed by atoms with Crippen LogP contribution in [0, 0.1) is 17.7 Å². The second kappa shape index (κ2) is 11.8. The molecule has 1 N–H and O–H groups in total. The fourth-order valence-corrected chi connectivity index (χ4v) is 3.90. The topological polar surface area (TPSA) is 52.7 Å². The number of rotatable bonds is 10. The lowest BCUT2D eigenvalue weighted by Gasteiger charge is -2.35. The number of halogens is 1. The molecule has 0 aromatic heterocycles. The standard InChI is InChI=1S/C27H38FN3O2/c1-8-20(9-2)27(33)31(19(5)18(3)4)17-22-16-24(13-14-25(22)30(6)7)29-26(32)21-11-10-12-23(28)15-21/h10-16,18-20H,8-9,17H2,1-7H3,(H,29,32). The minimum Gasteiger partial charge on any atom is -0.377 e. The van der Waals surface area contributed by atoms with Crippen molar-refractivity contribution in [3.8, 4) is 0 Å². The molecule has 2 amide bonds. The van der Waals surface area contributed by atoms with E-state index in [2.05, 4.69) is 39.9 Å². The highest BCUT2D eigenvalue weighted by Gasteiger charge is 2.28. The Morgan fingerprint density at radius 3 is 2.21 bits per heavy atom. The van der Waals surface area contributed by atoms with Crippen LogP contribution in [0.1, 0.15) is 63.4 Å². The van der Waals surface area contributed by atoms with Crippen molar-refractivity contribution < 1.29 is 14.0 Å². The molecule has 6 heteroatoms. The van der Waals surface area contributed by atoms with Gasteiger partial charge in [0.2, 0.25) is 5.91 Å². The third-order valence-electron chi connectivity index (χ3n) is 6.32. The molecule has 2 aromatic rings. The molecule has 0 bridgehead atoms. The van der Waals surface area contributed by atoms with Crippen molar-refractivity contribution in [2.45, 2.75) is 60.0 Å². The number of carbonyl (C=O) groups is 2. The van der Waals surface area contributed by atoms with Gasteiger partial charge in [-0.2, -0.15) is 0 Å². The highest BCUT2D eigenvalue weighted by atomic mass is 19.1. The summed E-state index contributed by atoms with van der Waals surface area (Å²) in [5.74, 6) is -0.366. The van der Waals surface area contributed by atoms with Gasteiger partial charge in [-0.15, -0.1) is 0 Å². The van der Waals surface area contributed by atoms with E-state index in [0.29, 0.717) is 18.2 Å². The van der Waals surface area contributed by atoms with Crippen LogP contribution in [0.2, 0.25) is 0 Å². The third kappa shape index (κ3) is 6.80. The highest BCUT2D eigenvalue weighted by Crippen LogP contribution is 2.28. The van der Waals surface area contributed by atoms with Crippen molar-refractivity contribution in [2.75, 3.05) is 24.3 Å². The number of benzene rings is 2. The van der Waals surface area contributed by atoms with Crippen LogP contribution in [0.15, 0.2) is 42.5 Å². The minimum absolute atomic E-state index is 0.00938. The molecular weight excluding hydrogens is 417 g/mol. The molecule has 0 heterocycles. The van der Waals surface area contributed by atoms with Gasteiger partial charge in [0.05, 0.1) is 0 Å². The lowest BCUT2D eigenvalue weighted by atomic mass is 9.97. The monoisotopic (exact) mass is 455 g/mol. The Hall–Kier alpha value is -2.89. The summed E-state index contributed by atoms with van der Waals surface area (Å²) in [6.07, 6.45) is 1.61. The molecule has 0 radical (unpaired) electrons. The maximum atomic E-state index is 13.5. The number of amides is 2. The SMILES string of the molecule is CCC(CC)C(=O)N(Cc1cc(NC(=O)c2cccc(F)c2)ccc1N(C)C)C(C)C(C)C. The van der Waals surface area contributed by atoms with Gasteiger partial charge in [0.1, 0.15) is 5.82 Å². The van der Waals surface area contributed by atoms with Crippen molar-refractivity contribution >= 4 is 23.2 Å². The number of anilines is 2. The van der Waals surface area contributed by atoms with Gasteiger partial charge in [-0.05, 0) is 67.6 Å². The van der Waals surface area contributed by atoms with Crippen LogP contribution in [0.3, 0.4) is 0 Å². The smallest absolute Gasteiger partial charge is 0.255 e. The molecule has 2 aromatic carbocycles. The van der Waals surface area contributed by atoms with Crippen LogP contribution < -0.4 is 10.2 Å². The first kappa shape index (κ1) is 26.4. The molecular formula is C27H38FN3O2. The van der Waals surface area contributed by atoms with E-state index in [1.165, 1.54) is 18.2 Å². The van der Waals surface area contributed by atoms with Crippen LogP contribution in [0.25, 0.3) is 0 Å². The summed E-state index contributed by atoms with van der Waals surface area (Å²) < 4.78 is 13.5. The maximum Gasteiger partial charge on any atom is 0.255 e. The van der Waals surface area contributed by atoms with Gasteiger partial charge in [-0.1, -0.05) is 33.8 Å². The zero-order valence-corrected chi connectivity index (χ0v) is 21.0. The van der Waals surface area contributed by atoms with Crippen LogP contribution in [-0.4, -0.2) is 36.9 Å². The van der Waals surface area contributed by atoms with Crippen LogP contribution in [0.5, 0.6) is 0 Å². The number of hydrogen-bond acceptors (Lipinski definition) is 3. The largest absolute Gasteiger partial charge is 0.377 e. The molecule has 180 valence electrons. The molecule has 1 atom stereocenters. The van der Waals surface area contributed by atoms with Crippen LogP contribution >= 0.6 is 0 Å². The zero-order valence-electron chi connectivity index (χ0n) is 21.0. The number of nitrogens with one attached hydrogen (secondary N) is 1. The van der Waals surface area contributed by atoms with Crippen molar-refractivity contribution in [3.63, 3.8) is 0 Å². The Labute approximate surface area is 198 Å². The molecule has 0 spiro atoms. The van der Waals surface area contributed by atoms with E-state index in [4.69, 9.17) is 0 Å². The number of nitrogens with zero attached hydrogens (tertiary/aromatic N) is 2. The summed E-state index contributed by atoms with van der Waals surface area (Å²) in [7, 11) is 3.92. The molecule has 0 aliphatic carbocycles. The average molecular weight is 456 g/mol. The summed E-state index contributed by atoms with van der Waals surface area (Å²) in [6.45, 7) is 10.9. The van der Waals surface area contributed by atoms with E-state index in [1.54, 1.807) is 6.07 Å². The Bertz CT molecular complexity index is 954. The molecule has 0 aliphatic rings. The van der Waals surface area contributed by atoms with E-state index in [9.17, 15) is 14.0 Å². The Morgan fingerprint density at radius 1 is 1.00 bits per heavy atom. The normalized spacial score (nSPS) is 12.1. The highest BCUT2D eigenvalue weighted by molar-refractivity contribution is 6.04. The van der Waals surface area contributed by atoms with Gasteiger partial charge in [-0.3, -0.25) is 9.59 Å². The molecule has 1 unspecified atom stereocenters. The predicted octanol–water partition coefficient (Wildman–Crippen LogP) is 5.95. The summed E-state index contributed by atoms with van der Waals surface area (Å²) in [4.78, 5) is 30.0. The summed E-state index contributed by atoms with van der Waals surface area (Å²) >= 11 is 0. The molecule has 0 saturated carbocycles. The first-order valence-electron chi connectivity index (χ1n) is 11.8. The number of hydrogen-bond donors (Lipinski definition) is 1. The van der Waals surface area contributed by atoms with E-state index >= 15 is 0 Å². The lowest BCUT2D eigenvalue weighted by Crippen LogP contribution is -2.44. The molecule has 0 saturated heterocycles. The summed E-state index contributed by atoms with van der Waals surface area (Å²) in [5.41, 5.74) is 2.80. The van der Waals surface area contributed by atoms with E-state index in [-0.39, 0.29) is 29.3 Å². The summed E-state index contributed by atoms with van der Waals surface area (Å²) in [5, 5.41) is 2.86. The Balaban J connectivity index is 2.40. The number of carbonyl (C=O) groups excluding carboxylic acids is 2. The quantitative estimate of drug-likeness (QED) is 0.481. The minimum atomic E-state index is -0.454. The van der Waals surface area contributed by atoms with Gasteiger partial charge in [0, 0.05) is 49.5 Å². The van der Waals surface area contributed by atoms with Gasteiger partial charge in [0.25, 0.3) is 5.91 Å². The predicted molar refractivity (Wildman–Crippen MR) is 134 cm³/mol. The second-order valence-electron chi connectivity index (χ2n) is 9.17. The van der Waals surface area contributed by atoms with Gasteiger partial charge >= 0.3 is 0 Å². The fourth-order valence-electron chi connectivity index (χ4n) is 3.90. The molecule has 0 fully saturated rings. The van der Waals surface area contributed by atoms with Gasteiger partial charge < -0.3 is 15.1 Å². The van der Waals surface area contributed by atoms with Crippen LogP contribution in [0.4, 0.5) is 15.8 Å². The first-order chi connectivity index (χ1) is 15.6. The fraction of sp³-hybridized carbons (Fsp3) is 0.481. The van der Waals surface area contributed by atoms with Crippen molar-refractivity contribution in [1.29, 1.82) is 0 Å².